The van der Waals surface area contributed by atoms with E-state index in [-0.39, 0.29) is 56.8 Å². The first-order chi connectivity index (χ1) is 33.5. The number of sulfonamides is 1. The summed E-state index contributed by atoms with van der Waals surface area (Å²) in [4.78, 5) is 97.1. The van der Waals surface area contributed by atoms with E-state index < -0.39 is 81.7 Å². The summed E-state index contributed by atoms with van der Waals surface area (Å²) in [5.41, 5.74) is 20.0. The summed E-state index contributed by atoms with van der Waals surface area (Å²) in [7, 11) is -3.98. The van der Waals surface area contributed by atoms with Gasteiger partial charge in [-0.15, -0.1) is 0 Å². The Balaban J connectivity index is 1.34. The summed E-state index contributed by atoms with van der Waals surface area (Å²) in [5, 5.41) is 14.3. The van der Waals surface area contributed by atoms with Crippen molar-refractivity contribution in [3.63, 3.8) is 0 Å². The van der Waals surface area contributed by atoms with E-state index >= 15 is 0 Å². The molecular weight excluding hydrogens is 919 g/mol. The maximum atomic E-state index is 14.4. The van der Waals surface area contributed by atoms with E-state index in [0.717, 1.165) is 16.5 Å². The molecule has 70 heavy (non-hydrogen) atoms. The normalized spacial score (nSPS) is 13.9. The van der Waals surface area contributed by atoms with Crippen LogP contribution >= 0.6 is 0 Å². The molecule has 374 valence electrons. The molecule has 0 spiro atoms. The molecule has 0 saturated heterocycles. The fourth-order valence-electron chi connectivity index (χ4n) is 7.60. The maximum Gasteiger partial charge on any atom is 0.243 e. The molecular formula is C48H63N13O8S. The topological polar surface area (TPSA) is 344 Å². The quantitative estimate of drug-likeness (QED) is 0.0187. The number of guanidine groups is 1. The molecule has 2 aromatic heterocycles. The summed E-state index contributed by atoms with van der Waals surface area (Å²) >= 11 is 0. The van der Waals surface area contributed by atoms with Gasteiger partial charge in [0.25, 0.3) is 0 Å². The van der Waals surface area contributed by atoms with Gasteiger partial charge in [0.2, 0.25) is 45.5 Å². The molecule has 0 aliphatic rings. The lowest BCUT2D eigenvalue weighted by Crippen LogP contribution is -2.60. The molecule has 2 heterocycles. The number of primary amides is 1. The Labute approximate surface area is 406 Å². The summed E-state index contributed by atoms with van der Waals surface area (Å²) < 4.78 is 28.8. The number of hydrogen-bond donors (Lipinski definition) is 11. The number of carbonyl (C=O) groups excluding carboxylic acids is 6. The second kappa shape index (κ2) is 26.2. The zero-order valence-electron chi connectivity index (χ0n) is 39.2. The molecule has 6 amide bonds. The number of unbranched alkanes of at least 4 members (excludes halogenated alkanes) is 1. The lowest BCUT2D eigenvalue weighted by molar-refractivity contribution is -0.135. The zero-order valence-corrected chi connectivity index (χ0v) is 40.0. The third kappa shape index (κ3) is 16.9. The van der Waals surface area contributed by atoms with Crippen LogP contribution in [0.1, 0.15) is 68.3 Å². The van der Waals surface area contributed by atoms with Gasteiger partial charge >= 0.3 is 0 Å². The van der Waals surface area contributed by atoms with E-state index in [4.69, 9.17) is 17.2 Å². The van der Waals surface area contributed by atoms with Crippen molar-refractivity contribution in [3.8, 4) is 0 Å². The number of para-hydroxylation sites is 1. The van der Waals surface area contributed by atoms with Crippen molar-refractivity contribution in [2.45, 2.75) is 107 Å². The molecule has 0 radical (unpaired) electrons. The minimum Gasteiger partial charge on any atom is -0.370 e. The van der Waals surface area contributed by atoms with Crippen molar-refractivity contribution >= 4 is 62.3 Å². The van der Waals surface area contributed by atoms with Gasteiger partial charge in [0.05, 0.1) is 12.1 Å². The van der Waals surface area contributed by atoms with E-state index in [9.17, 15) is 37.2 Å². The van der Waals surface area contributed by atoms with Gasteiger partial charge in [-0.1, -0.05) is 98.6 Å². The number of nitrogens with zero attached hydrogens (tertiary/aromatic N) is 2. The Morgan fingerprint density at radius 3 is 1.86 bits per heavy atom. The minimum absolute atomic E-state index is 0.00875. The maximum absolute atomic E-state index is 14.4. The Hall–Kier alpha value is -7.59. The lowest BCUT2D eigenvalue weighted by Gasteiger charge is -2.27. The van der Waals surface area contributed by atoms with Crippen molar-refractivity contribution in [1.82, 2.24) is 46.3 Å². The second-order valence-corrected chi connectivity index (χ2v) is 18.7. The third-order valence-corrected chi connectivity index (χ3v) is 12.7. The fraction of sp³-hybridized carbons (Fsp3) is 0.375. The van der Waals surface area contributed by atoms with E-state index in [0.29, 0.717) is 29.7 Å². The summed E-state index contributed by atoms with van der Waals surface area (Å²) in [6, 6.07) is 17.1. The van der Waals surface area contributed by atoms with Crippen LogP contribution in [0.4, 0.5) is 0 Å². The van der Waals surface area contributed by atoms with E-state index in [1.165, 1.54) is 19.4 Å². The number of nitrogens with one attached hydrogen (secondary N) is 8. The molecule has 5 rings (SSSR count). The highest BCUT2D eigenvalue weighted by atomic mass is 32.2. The molecule has 0 fully saturated rings. The number of aliphatic imine (C=N–C) groups is 1. The van der Waals surface area contributed by atoms with Crippen molar-refractivity contribution in [3.05, 3.63) is 126 Å². The molecule has 3 aromatic carbocycles. The van der Waals surface area contributed by atoms with Gasteiger partial charge in [0.15, 0.2) is 5.96 Å². The third-order valence-electron chi connectivity index (χ3n) is 11.3. The molecule has 14 N–H and O–H groups in total. The van der Waals surface area contributed by atoms with Gasteiger partial charge in [0.1, 0.15) is 36.3 Å². The SMILES string of the molecule is CCCC[C@H](NS(=O)(=O)Cc1ccccc1)C(=O)N[C@@H](C)C(=O)N[C@@H](Cc1cnc[nH]1)C(=O)N[C@H](Cc1ccccc1)C(=O)N[C@@H](CCCN=C(N)N)C(=O)N[C@@H](Cc1c[nH]c2ccccc12)C(N)=O. The van der Waals surface area contributed by atoms with Crippen molar-refractivity contribution in [1.29, 1.82) is 0 Å². The number of fused-ring (bicyclic) bond motifs is 1. The van der Waals surface area contributed by atoms with Gasteiger partial charge in [-0.3, -0.25) is 33.8 Å². The molecule has 0 unspecified atom stereocenters. The van der Waals surface area contributed by atoms with Gasteiger partial charge in [-0.25, -0.2) is 18.1 Å². The average Bonchev–Trinajstić information content (AvgIpc) is 4.01. The Morgan fingerprint density at radius 2 is 1.21 bits per heavy atom. The van der Waals surface area contributed by atoms with Crippen LogP contribution in [-0.4, -0.2) is 108 Å². The molecule has 0 aliphatic carbocycles. The van der Waals surface area contributed by atoms with Crippen molar-refractivity contribution < 1.29 is 37.2 Å². The van der Waals surface area contributed by atoms with E-state index in [1.807, 2.05) is 31.2 Å². The monoisotopic (exact) mass is 981 g/mol. The van der Waals surface area contributed by atoms with E-state index in [1.54, 1.807) is 66.9 Å². The van der Waals surface area contributed by atoms with Crippen LogP contribution in [0.2, 0.25) is 0 Å². The van der Waals surface area contributed by atoms with Gasteiger partial charge in [-0.05, 0) is 48.9 Å². The Kier molecular flexibility index (Phi) is 20.0. The number of aromatic nitrogens is 3. The zero-order chi connectivity index (χ0) is 50.6. The minimum atomic E-state index is -3.98. The highest BCUT2D eigenvalue weighted by Crippen LogP contribution is 2.19. The fourth-order valence-corrected chi connectivity index (χ4v) is 8.97. The Morgan fingerprint density at radius 1 is 0.643 bits per heavy atom. The van der Waals surface area contributed by atoms with Crippen LogP contribution in [0.5, 0.6) is 0 Å². The van der Waals surface area contributed by atoms with Gasteiger partial charge in [0, 0.05) is 54.8 Å². The number of benzene rings is 3. The average molecular weight is 982 g/mol. The number of hydrogen-bond acceptors (Lipinski definition) is 10. The summed E-state index contributed by atoms with van der Waals surface area (Å²) in [6.45, 7) is 3.39. The number of H-pyrrole nitrogens is 2. The number of imidazole rings is 1. The first-order valence-electron chi connectivity index (χ1n) is 23.0. The first kappa shape index (κ1) is 53.4. The largest absolute Gasteiger partial charge is 0.370 e. The molecule has 21 nitrogen and oxygen atoms in total. The van der Waals surface area contributed by atoms with Gasteiger partial charge < -0.3 is 53.8 Å². The molecule has 0 saturated carbocycles. The molecule has 6 atom stereocenters. The predicted molar refractivity (Wildman–Crippen MR) is 264 cm³/mol. The van der Waals surface area contributed by atoms with Crippen LogP contribution in [0.3, 0.4) is 0 Å². The smallest absolute Gasteiger partial charge is 0.243 e. The van der Waals surface area contributed by atoms with Crippen LogP contribution in [-0.2, 0) is 63.8 Å². The van der Waals surface area contributed by atoms with Crippen LogP contribution in [0, 0.1) is 0 Å². The number of aromatic amines is 2. The van der Waals surface area contributed by atoms with Crippen LogP contribution in [0.25, 0.3) is 10.9 Å². The lowest BCUT2D eigenvalue weighted by atomic mass is 10.0. The second-order valence-electron chi connectivity index (χ2n) is 16.9. The Bertz CT molecular complexity index is 2660. The van der Waals surface area contributed by atoms with Crippen molar-refractivity contribution in [2.75, 3.05) is 6.54 Å². The number of carbonyl (C=O) groups is 6. The summed E-state index contributed by atoms with van der Waals surface area (Å²) in [5.74, 6) is -5.16. The highest BCUT2D eigenvalue weighted by Gasteiger charge is 2.33. The molecule has 22 heteroatoms. The standard InChI is InChI=1S/C48H63N13O8S/c1-3-4-19-38(61-70(68,69)28-32-16-9-6-10-17-32)45(65)56-30(2)43(63)59-41(25-34-27-52-29-55-34)47(67)60-40(23-31-14-7-5-8-15-31)46(66)57-37(21-13-22-53-48(50)51)44(64)58-39(42(49)62)24-33-26-54-36-20-12-11-18-35(33)36/h5-12,14-18,20,26-27,29-30,37-41,54,61H,3-4,13,19,21-25,28H2,1-2H3,(H2,49,62)(H,52,55)(H,56,65)(H,57,66)(H,58,64)(H,59,63)(H,60,67)(H4,50,51,53)/t30-,37-,38-,39-,40+,41-/m0/s1. The van der Waals surface area contributed by atoms with Crippen LogP contribution in [0.15, 0.2) is 109 Å². The molecule has 5 aromatic rings. The number of amides is 6. The van der Waals surface area contributed by atoms with Gasteiger partial charge in [-0.2, -0.15) is 0 Å². The highest BCUT2D eigenvalue weighted by molar-refractivity contribution is 7.88. The van der Waals surface area contributed by atoms with Crippen LogP contribution < -0.4 is 48.5 Å². The summed E-state index contributed by atoms with van der Waals surface area (Å²) in [6.07, 6.45) is 6.01. The number of rotatable bonds is 28. The first-order valence-corrected chi connectivity index (χ1v) is 24.6. The molecule has 0 aliphatic heterocycles. The predicted octanol–water partition coefficient (Wildman–Crippen LogP) is 0.580. The van der Waals surface area contributed by atoms with E-state index in [2.05, 4.69) is 51.3 Å². The van der Waals surface area contributed by atoms with Crippen molar-refractivity contribution in [2.24, 2.45) is 22.2 Å². The molecule has 0 bridgehead atoms. The number of nitrogens with two attached hydrogens (primary N) is 3.